The van der Waals surface area contributed by atoms with E-state index in [1.54, 1.807) is 12.1 Å². The summed E-state index contributed by atoms with van der Waals surface area (Å²) in [6.45, 7) is 6.88. The zero-order chi connectivity index (χ0) is 15.6. The van der Waals surface area contributed by atoms with E-state index in [1.165, 1.54) is 11.1 Å². The number of benzene rings is 2. The third kappa shape index (κ3) is 3.31. The Balaban J connectivity index is 2.59. The first-order chi connectivity index (χ1) is 9.97. The second-order valence-electron chi connectivity index (χ2n) is 5.04. The lowest BCUT2D eigenvalue weighted by molar-refractivity contribution is 0.557. The van der Waals surface area contributed by atoms with Gasteiger partial charge in [-0.15, -0.1) is 0 Å². The lowest BCUT2D eigenvalue weighted by Crippen LogP contribution is -2.24. The number of hydrogen-bond acceptors (Lipinski definition) is 1. The minimum absolute atomic E-state index is 0.126. The first kappa shape index (κ1) is 16.5. The van der Waals surface area contributed by atoms with Crippen LogP contribution in [0.15, 0.2) is 34.8 Å². The molecule has 1 N–H and O–H groups in total. The highest BCUT2D eigenvalue weighted by Gasteiger charge is 2.21. The van der Waals surface area contributed by atoms with Gasteiger partial charge in [0.25, 0.3) is 0 Å². The molecule has 4 heteroatoms. The Morgan fingerprint density at radius 3 is 2.57 bits per heavy atom. The molecule has 21 heavy (non-hydrogen) atoms. The van der Waals surface area contributed by atoms with Gasteiger partial charge in [0.2, 0.25) is 0 Å². The number of hydrogen-bond donors (Lipinski definition) is 1. The average molecular weight is 371 g/mol. The largest absolute Gasteiger partial charge is 0.306 e. The highest BCUT2D eigenvalue weighted by Crippen LogP contribution is 2.34. The molecule has 0 amide bonds. The highest BCUT2D eigenvalue weighted by atomic mass is 79.9. The molecule has 0 saturated heterocycles. The molecule has 2 rings (SSSR count). The molecule has 1 unspecified atom stereocenters. The van der Waals surface area contributed by atoms with E-state index in [4.69, 9.17) is 11.6 Å². The van der Waals surface area contributed by atoms with E-state index >= 15 is 0 Å². The van der Waals surface area contributed by atoms with Crippen LogP contribution in [0, 0.1) is 19.7 Å². The third-order valence-electron chi connectivity index (χ3n) is 3.74. The van der Waals surface area contributed by atoms with Crippen molar-refractivity contribution in [3.63, 3.8) is 0 Å². The molecule has 1 atom stereocenters. The topological polar surface area (TPSA) is 12.0 Å². The van der Waals surface area contributed by atoms with Gasteiger partial charge in [0, 0.05) is 10.0 Å². The van der Waals surface area contributed by atoms with Crippen molar-refractivity contribution in [3.05, 3.63) is 67.9 Å². The zero-order valence-electron chi connectivity index (χ0n) is 12.3. The summed E-state index contributed by atoms with van der Waals surface area (Å²) < 4.78 is 15.1. The van der Waals surface area contributed by atoms with Crippen molar-refractivity contribution in [1.82, 2.24) is 5.32 Å². The Labute approximate surface area is 138 Å². The first-order valence-electron chi connectivity index (χ1n) is 6.90. The fraction of sp³-hybridized carbons (Fsp3) is 0.294. The van der Waals surface area contributed by atoms with Gasteiger partial charge in [-0.3, -0.25) is 0 Å². The van der Waals surface area contributed by atoms with E-state index in [0.29, 0.717) is 10.0 Å². The predicted molar refractivity (Wildman–Crippen MR) is 90.5 cm³/mol. The summed E-state index contributed by atoms with van der Waals surface area (Å²) in [6.07, 6.45) is 0. The van der Waals surface area contributed by atoms with Crippen LogP contribution in [0.4, 0.5) is 4.39 Å². The molecule has 0 aromatic heterocycles. The van der Waals surface area contributed by atoms with Gasteiger partial charge >= 0.3 is 0 Å². The van der Waals surface area contributed by atoms with Gasteiger partial charge in [-0.05, 0) is 59.1 Å². The van der Waals surface area contributed by atoms with Gasteiger partial charge in [0.15, 0.2) is 0 Å². The van der Waals surface area contributed by atoms with E-state index in [1.807, 2.05) is 19.1 Å². The van der Waals surface area contributed by atoms with Crippen molar-refractivity contribution >= 4 is 27.5 Å². The molecular formula is C17H18BrClFN. The predicted octanol–water partition coefficient (Wildman–Crippen LogP) is 5.56. The lowest BCUT2D eigenvalue weighted by atomic mass is 9.92. The Morgan fingerprint density at radius 1 is 1.19 bits per heavy atom. The summed E-state index contributed by atoms with van der Waals surface area (Å²) >= 11 is 9.29. The summed E-state index contributed by atoms with van der Waals surface area (Å²) in [5.74, 6) is -0.377. The minimum Gasteiger partial charge on any atom is -0.306 e. The summed E-state index contributed by atoms with van der Waals surface area (Å²) in [5.41, 5.74) is 4.01. The molecule has 1 nitrogen and oxygen atoms in total. The van der Waals surface area contributed by atoms with Gasteiger partial charge < -0.3 is 5.32 Å². The molecule has 0 aliphatic rings. The van der Waals surface area contributed by atoms with E-state index in [2.05, 4.69) is 41.2 Å². The molecular weight excluding hydrogens is 353 g/mol. The van der Waals surface area contributed by atoms with Crippen molar-refractivity contribution in [3.8, 4) is 0 Å². The van der Waals surface area contributed by atoms with E-state index in [-0.39, 0.29) is 16.9 Å². The van der Waals surface area contributed by atoms with Gasteiger partial charge in [0.1, 0.15) is 5.82 Å². The van der Waals surface area contributed by atoms with Crippen LogP contribution in [-0.2, 0) is 0 Å². The Bertz CT molecular complexity index is 657. The third-order valence-corrected chi connectivity index (χ3v) is 5.00. The van der Waals surface area contributed by atoms with E-state index < -0.39 is 0 Å². The Kier molecular flexibility index (Phi) is 5.42. The molecule has 0 aliphatic carbocycles. The summed E-state index contributed by atoms with van der Waals surface area (Å²) in [4.78, 5) is 0. The molecule has 2 aromatic carbocycles. The summed E-state index contributed by atoms with van der Waals surface area (Å²) in [6, 6.07) is 9.45. The van der Waals surface area contributed by atoms with Crippen molar-refractivity contribution in [1.29, 1.82) is 0 Å². The SMILES string of the molecule is CCNC(c1cccc(C)c1C)c1ccc(Br)c(Cl)c1F. The highest BCUT2D eigenvalue weighted by molar-refractivity contribution is 9.10. The molecule has 0 saturated carbocycles. The fourth-order valence-electron chi connectivity index (χ4n) is 2.44. The van der Waals surface area contributed by atoms with Crippen molar-refractivity contribution in [2.45, 2.75) is 26.8 Å². The molecule has 0 bridgehead atoms. The monoisotopic (exact) mass is 369 g/mol. The van der Waals surface area contributed by atoms with E-state index in [0.717, 1.165) is 12.1 Å². The smallest absolute Gasteiger partial charge is 0.148 e. The number of halogens is 3. The molecule has 0 radical (unpaired) electrons. The van der Waals surface area contributed by atoms with Crippen LogP contribution in [0.1, 0.15) is 35.2 Å². The molecule has 2 aromatic rings. The first-order valence-corrected chi connectivity index (χ1v) is 8.07. The Hall–Kier alpha value is -0.900. The van der Waals surface area contributed by atoms with Crippen LogP contribution in [0.25, 0.3) is 0 Å². The number of aryl methyl sites for hydroxylation is 1. The molecule has 0 aliphatic heterocycles. The van der Waals surface area contributed by atoms with Gasteiger partial charge in [0.05, 0.1) is 11.1 Å². The molecule has 0 spiro atoms. The van der Waals surface area contributed by atoms with Gasteiger partial charge in [-0.25, -0.2) is 4.39 Å². The normalized spacial score (nSPS) is 12.5. The van der Waals surface area contributed by atoms with Crippen LogP contribution in [0.5, 0.6) is 0 Å². The summed E-state index contributed by atoms with van der Waals surface area (Å²) in [7, 11) is 0. The van der Waals surface area contributed by atoms with Crippen LogP contribution in [0.3, 0.4) is 0 Å². The quantitative estimate of drug-likeness (QED) is 0.695. The maximum Gasteiger partial charge on any atom is 0.148 e. The zero-order valence-corrected chi connectivity index (χ0v) is 14.6. The van der Waals surface area contributed by atoms with Gasteiger partial charge in [-0.1, -0.05) is 42.8 Å². The van der Waals surface area contributed by atoms with Crippen LogP contribution in [0.2, 0.25) is 5.02 Å². The molecule has 112 valence electrons. The van der Waals surface area contributed by atoms with Crippen molar-refractivity contribution in [2.75, 3.05) is 6.54 Å². The lowest BCUT2D eigenvalue weighted by Gasteiger charge is -2.23. The minimum atomic E-state index is -0.377. The van der Waals surface area contributed by atoms with Crippen molar-refractivity contribution in [2.24, 2.45) is 0 Å². The van der Waals surface area contributed by atoms with Crippen LogP contribution >= 0.6 is 27.5 Å². The molecule has 0 fully saturated rings. The molecule has 0 heterocycles. The Morgan fingerprint density at radius 2 is 1.90 bits per heavy atom. The number of nitrogens with one attached hydrogen (secondary N) is 1. The van der Waals surface area contributed by atoms with Crippen molar-refractivity contribution < 1.29 is 4.39 Å². The second-order valence-corrected chi connectivity index (χ2v) is 6.28. The van der Waals surface area contributed by atoms with Crippen LogP contribution in [-0.4, -0.2) is 6.54 Å². The van der Waals surface area contributed by atoms with Gasteiger partial charge in [-0.2, -0.15) is 0 Å². The standard InChI is InChI=1S/C17H18BrClFN/c1-4-21-17(12-7-5-6-10(2)11(12)3)13-8-9-14(18)15(19)16(13)20/h5-9,17,21H,4H2,1-3H3. The second kappa shape index (κ2) is 6.91. The fourth-order valence-corrected chi connectivity index (χ4v) is 2.92. The van der Waals surface area contributed by atoms with E-state index in [9.17, 15) is 4.39 Å². The average Bonchev–Trinajstić information content (AvgIpc) is 2.46. The maximum absolute atomic E-state index is 14.6. The maximum atomic E-state index is 14.6. The summed E-state index contributed by atoms with van der Waals surface area (Å²) in [5, 5.41) is 3.48. The number of rotatable bonds is 4. The van der Waals surface area contributed by atoms with Crippen LogP contribution < -0.4 is 5.32 Å².